The van der Waals surface area contributed by atoms with Crippen LogP contribution in [0.3, 0.4) is 0 Å². The number of rotatable bonds is 5. The molecule has 1 aromatic rings. The number of nitrogens with zero attached hydrogens (tertiary/aromatic N) is 1. The van der Waals surface area contributed by atoms with Gasteiger partial charge in [-0.05, 0) is 31.0 Å². The lowest BCUT2D eigenvalue weighted by molar-refractivity contribution is -0.137. The van der Waals surface area contributed by atoms with Crippen LogP contribution in [0.15, 0.2) is 18.2 Å². The molecule has 1 aliphatic rings. The first kappa shape index (κ1) is 14.3. The average Bonchev–Trinajstić information content (AvgIpc) is 2.37. The van der Waals surface area contributed by atoms with Gasteiger partial charge >= 0.3 is 5.97 Å². The molecule has 0 saturated carbocycles. The minimum Gasteiger partial charge on any atom is -0.482 e. The second-order valence-corrected chi connectivity index (χ2v) is 4.79. The Bertz CT molecular complexity index is 530. The van der Waals surface area contributed by atoms with Crippen molar-refractivity contribution >= 4 is 17.6 Å². The SMILES string of the molecule is CCN1C(=O)COc2ccc(CC(N)CC(=O)O)cc21. The molecule has 0 fully saturated rings. The number of likely N-dealkylation sites (N-methyl/N-ethyl adjacent to an activating group) is 1. The number of nitrogens with two attached hydrogens (primary N) is 1. The van der Waals surface area contributed by atoms with Crippen molar-refractivity contribution in [1.29, 1.82) is 0 Å². The number of amides is 1. The van der Waals surface area contributed by atoms with Gasteiger partial charge in [-0.2, -0.15) is 0 Å². The third kappa shape index (κ3) is 3.08. The van der Waals surface area contributed by atoms with E-state index in [2.05, 4.69) is 0 Å². The minimum atomic E-state index is -0.913. The summed E-state index contributed by atoms with van der Waals surface area (Å²) in [5.41, 5.74) is 7.41. The Labute approximate surface area is 117 Å². The number of carboxylic acid groups (broad SMARTS) is 1. The van der Waals surface area contributed by atoms with Crippen molar-refractivity contribution in [1.82, 2.24) is 0 Å². The van der Waals surface area contributed by atoms with Gasteiger partial charge in [0.15, 0.2) is 6.61 Å². The molecule has 2 rings (SSSR count). The summed E-state index contributed by atoms with van der Waals surface area (Å²) in [4.78, 5) is 24.0. The first-order valence-corrected chi connectivity index (χ1v) is 6.54. The third-order valence-electron chi connectivity index (χ3n) is 3.22. The predicted molar refractivity (Wildman–Crippen MR) is 73.9 cm³/mol. The molecule has 0 radical (unpaired) electrons. The molecule has 20 heavy (non-hydrogen) atoms. The molecule has 6 nitrogen and oxygen atoms in total. The van der Waals surface area contributed by atoms with Gasteiger partial charge in [-0.3, -0.25) is 9.59 Å². The van der Waals surface area contributed by atoms with Crippen LogP contribution in [-0.2, 0) is 16.0 Å². The number of anilines is 1. The molecule has 1 unspecified atom stereocenters. The largest absolute Gasteiger partial charge is 0.482 e. The van der Waals surface area contributed by atoms with Crippen molar-refractivity contribution in [3.63, 3.8) is 0 Å². The van der Waals surface area contributed by atoms with Crippen molar-refractivity contribution in [3.05, 3.63) is 23.8 Å². The van der Waals surface area contributed by atoms with Crippen LogP contribution in [0.4, 0.5) is 5.69 Å². The molecule has 0 aliphatic carbocycles. The summed E-state index contributed by atoms with van der Waals surface area (Å²) in [5, 5.41) is 8.72. The summed E-state index contributed by atoms with van der Waals surface area (Å²) in [7, 11) is 0. The maximum absolute atomic E-state index is 11.8. The number of fused-ring (bicyclic) bond motifs is 1. The van der Waals surface area contributed by atoms with E-state index in [1.54, 1.807) is 11.0 Å². The van der Waals surface area contributed by atoms with Gasteiger partial charge in [0.1, 0.15) is 5.75 Å². The lowest BCUT2D eigenvalue weighted by atomic mass is 10.0. The Morgan fingerprint density at radius 2 is 2.30 bits per heavy atom. The van der Waals surface area contributed by atoms with E-state index in [0.29, 0.717) is 18.7 Å². The highest BCUT2D eigenvalue weighted by Gasteiger charge is 2.24. The van der Waals surface area contributed by atoms with Crippen LogP contribution < -0.4 is 15.4 Å². The summed E-state index contributed by atoms with van der Waals surface area (Å²) < 4.78 is 5.38. The van der Waals surface area contributed by atoms with E-state index < -0.39 is 12.0 Å². The maximum Gasteiger partial charge on any atom is 0.304 e. The van der Waals surface area contributed by atoms with Crippen LogP contribution in [-0.4, -0.2) is 36.2 Å². The topological polar surface area (TPSA) is 92.9 Å². The van der Waals surface area contributed by atoms with Crippen LogP contribution in [0.2, 0.25) is 0 Å². The predicted octanol–water partition coefficient (Wildman–Crippen LogP) is 0.776. The summed E-state index contributed by atoms with van der Waals surface area (Å²) in [5.74, 6) is -0.321. The van der Waals surface area contributed by atoms with Gasteiger partial charge in [-0.15, -0.1) is 0 Å². The van der Waals surface area contributed by atoms with Gasteiger partial charge in [0, 0.05) is 12.6 Å². The van der Waals surface area contributed by atoms with Gasteiger partial charge < -0.3 is 20.5 Å². The molecular formula is C14H18N2O4. The third-order valence-corrected chi connectivity index (χ3v) is 3.22. The van der Waals surface area contributed by atoms with Crippen molar-refractivity contribution in [3.8, 4) is 5.75 Å². The van der Waals surface area contributed by atoms with Crippen molar-refractivity contribution in [2.45, 2.75) is 25.8 Å². The van der Waals surface area contributed by atoms with Crippen molar-refractivity contribution in [2.24, 2.45) is 5.73 Å². The number of carbonyl (C=O) groups excluding carboxylic acids is 1. The Kier molecular flexibility index (Phi) is 4.24. The van der Waals surface area contributed by atoms with Gasteiger partial charge in [-0.1, -0.05) is 6.07 Å². The zero-order chi connectivity index (χ0) is 14.7. The molecule has 1 amide bonds. The molecule has 3 N–H and O–H groups in total. The van der Waals surface area contributed by atoms with Crippen LogP contribution in [0.5, 0.6) is 5.75 Å². The van der Waals surface area contributed by atoms with Crippen LogP contribution in [0.1, 0.15) is 18.9 Å². The van der Waals surface area contributed by atoms with Gasteiger partial charge in [-0.25, -0.2) is 0 Å². The molecule has 1 atom stereocenters. The summed E-state index contributed by atoms with van der Waals surface area (Å²) >= 11 is 0. The van der Waals surface area contributed by atoms with Gasteiger partial charge in [0.25, 0.3) is 5.91 Å². The number of ether oxygens (including phenoxy) is 1. The Morgan fingerprint density at radius 3 is 2.95 bits per heavy atom. The van der Waals surface area contributed by atoms with E-state index >= 15 is 0 Å². The van der Waals surface area contributed by atoms with Gasteiger partial charge in [0.05, 0.1) is 12.1 Å². The molecule has 1 aliphatic heterocycles. The molecule has 0 saturated heterocycles. The van der Waals surface area contributed by atoms with Crippen molar-refractivity contribution in [2.75, 3.05) is 18.1 Å². The van der Waals surface area contributed by atoms with E-state index in [4.69, 9.17) is 15.6 Å². The summed E-state index contributed by atoms with van der Waals surface area (Å²) in [6.45, 7) is 2.52. The lowest BCUT2D eigenvalue weighted by Gasteiger charge is -2.29. The zero-order valence-electron chi connectivity index (χ0n) is 11.3. The highest BCUT2D eigenvalue weighted by atomic mass is 16.5. The molecule has 108 valence electrons. The summed E-state index contributed by atoms with van der Waals surface area (Å²) in [6, 6.07) is 5.05. The quantitative estimate of drug-likeness (QED) is 0.830. The molecular weight excluding hydrogens is 260 g/mol. The van der Waals surface area contributed by atoms with E-state index in [1.165, 1.54) is 0 Å². The number of benzene rings is 1. The monoisotopic (exact) mass is 278 g/mol. The molecule has 0 aromatic heterocycles. The zero-order valence-corrected chi connectivity index (χ0v) is 11.3. The first-order chi connectivity index (χ1) is 9.51. The molecule has 0 bridgehead atoms. The van der Waals surface area contributed by atoms with Gasteiger partial charge in [0.2, 0.25) is 0 Å². The van der Waals surface area contributed by atoms with E-state index in [0.717, 1.165) is 11.3 Å². The number of hydrogen-bond donors (Lipinski definition) is 2. The van der Waals surface area contributed by atoms with E-state index in [-0.39, 0.29) is 18.9 Å². The Morgan fingerprint density at radius 1 is 1.55 bits per heavy atom. The number of carboxylic acids is 1. The normalized spacial score (nSPS) is 15.5. The minimum absolute atomic E-state index is 0.0543. The standard InChI is InChI=1S/C14H18N2O4/c1-2-16-11-6-9(5-10(15)7-14(18)19)3-4-12(11)20-8-13(16)17/h3-4,6,10H,2,5,7-8,15H2,1H3,(H,18,19). The highest BCUT2D eigenvalue weighted by molar-refractivity contribution is 5.97. The fourth-order valence-electron chi connectivity index (χ4n) is 2.32. The fourth-order valence-corrected chi connectivity index (χ4v) is 2.32. The second-order valence-electron chi connectivity index (χ2n) is 4.79. The highest BCUT2D eigenvalue weighted by Crippen LogP contribution is 2.33. The summed E-state index contributed by atoms with van der Waals surface area (Å²) in [6.07, 6.45) is 0.370. The second kappa shape index (κ2) is 5.92. The Hall–Kier alpha value is -2.08. The molecule has 0 spiro atoms. The van der Waals surface area contributed by atoms with Crippen LogP contribution >= 0.6 is 0 Å². The van der Waals surface area contributed by atoms with Crippen LogP contribution in [0, 0.1) is 0 Å². The molecule has 1 heterocycles. The maximum atomic E-state index is 11.8. The van der Waals surface area contributed by atoms with E-state index in [1.807, 2.05) is 19.1 Å². The van der Waals surface area contributed by atoms with Crippen molar-refractivity contribution < 1.29 is 19.4 Å². The smallest absolute Gasteiger partial charge is 0.304 e. The first-order valence-electron chi connectivity index (χ1n) is 6.54. The van der Waals surface area contributed by atoms with Crippen LogP contribution in [0.25, 0.3) is 0 Å². The Balaban J connectivity index is 2.19. The number of carbonyl (C=O) groups is 2. The molecule has 1 aromatic carbocycles. The number of aliphatic carboxylic acids is 1. The lowest BCUT2D eigenvalue weighted by Crippen LogP contribution is -2.38. The molecule has 6 heteroatoms. The van der Waals surface area contributed by atoms with E-state index in [9.17, 15) is 9.59 Å². The fraction of sp³-hybridized carbons (Fsp3) is 0.429. The number of hydrogen-bond acceptors (Lipinski definition) is 4. The average molecular weight is 278 g/mol.